The smallest absolute Gasteiger partial charge is 0.251 e. The van der Waals surface area contributed by atoms with Gasteiger partial charge in [-0.1, -0.05) is 43.6 Å². The third kappa shape index (κ3) is 5.09. The molecule has 7 heteroatoms. The molecule has 1 amide bonds. The van der Waals surface area contributed by atoms with Crippen molar-refractivity contribution in [1.29, 1.82) is 0 Å². The number of carbonyl (C=O) groups is 1. The Morgan fingerprint density at radius 2 is 1.85 bits per heavy atom. The number of sulfonamides is 1. The zero-order chi connectivity index (χ0) is 19.7. The van der Waals surface area contributed by atoms with Crippen LogP contribution in [0.1, 0.15) is 42.6 Å². The highest BCUT2D eigenvalue weighted by molar-refractivity contribution is 7.89. The molecule has 0 unspecified atom stereocenters. The number of rotatable bonds is 7. The Morgan fingerprint density at radius 3 is 2.52 bits per heavy atom. The number of amides is 1. The van der Waals surface area contributed by atoms with E-state index in [9.17, 15) is 13.2 Å². The fraction of sp³-hybridized carbons (Fsp3) is 0.350. The molecule has 1 aliphatic rings. The van der Waals surface area contributed by atoms with E-state index < -0.39 is 10.0 Å². The SMILES string of the molecule is CC(C)(CNC(=O)c1cccc(S(=O)(=O)NC2CC2)c1)c1cccc(Cl)c1. The molecule has 0 bridgehead atoms. The van der Waals surface area contributed by atoms with E-state index in [1.807, 2.05) is 32.0 Å². The summed E-state index contributed by atoms with van der Waals surface area (Å²) in [5.41, 5.74) is 1.01. The predicted octanol–water partition coefficient (Wildman–Crippen LogP) is 3.49. The summed E-state index contributed by atoms with van der Waals surface area (Å²) in [5, 5.41) is 3.54. The molecule has 5 nitrogen and oxygen atoms in total. The Hall–Kier alpha value is -1.89. The van der Waals surface area contributed by atoms with Gasteiger partial charge in [0.2, 0.25) is 10.0 Å². The molecule has 1 fully saturated rings. The van der Waals surface area contributed by atoms with Crippen molar-refractivity contribution in [3.05, 3.63) is 64.7 Å². The van der Waals surface area contributed by atoms with Crippen molar-refractivity contribution in [2.24, 2.45) is 0 Å². The topological polar surface area (TPSA) is 75.3 Å². The average Bonchev–Trinajstić information content (AvgIpc) is 3.43. The van der Waals surface area contributed by atoms with Crippen LogP contribution in [0, 0.1) is 0 Å². The van der Waals surface area contributed by atoms with Crippen molar-refractivity contribution in [2.45, 2.75) is 43.0 Å². The minimum atomic E-state index is -3.59. The highest BCUT2D eigenvalue weighted by Crippen LogP contribution is 2.25. The molecule has 3 rings (SSSR count). The third-order valence-corrected chi connectivity index (χ3v) is 6.36. The maximum atomic E-state index is 12.6. The normalized spacial score (nSPS) is 14.8. The van der Waals surface area contributed by atoms with Crippen LogP contribution in [0.4, 0.5) is 0 Å². The molecule has 1 saturated carbocycles. The van der Waals surface area contributed by atoms with E-state index in [0.29, 0.717) is 17.1 Å². The van der Waals surface area contributed by atoms with E-state index >= 15 is 0 Å². The number of halogens is 1. The third-order valence-electron chi connectivity index (χ3n) is 4.60. The van der Waals surface area contributed by atoms with Gasteiger partial charge in [-0.2, -0.15) is 0 Å². The molecule has 0 saturated heterocycles. The molecule has 0 heterocycles. The van der Waals surface area contributed by atoms with Gasteiger partial charge in [-0.3, -0.25) is 4.79 Å². The molecule has 0 atom stereocenters. The number of benzene rings is 2. The molecular formula is C20H23ClN2O3S. The van der Waals surface area contributed by atoms with Crippen molar-refractivity contribution in [2.75, 3.05) is 6.54 Å². The first-order chi connectivity index (χ1) is 12.7. The van der Waals surface area contributed by atoms with Crippen molar-refractivity contribution in [3.63, 3.8) is 0 Å². The lowest BCUT2D eigenvalue weighted by Crippen LogP contribution is -2.36. The summed E-state index contributed by atoms with van der Waals surface area (Å²) in [6, 6.07) is 13.6. The van der Waals surface area contributed by atoms with Crippen LogP contribution in [0.3, 0.4) is 0 Å². The largest absolute Gasteiger partial charge is 0.351 e. The molecule has 2 aromatic rings. The summed E-state index contributed by atoms with van der Waals surface area (Å²) in [6.45, 7) is 4.42. The van der Waals surface area contributed by atoms with Crippen LogP contribution in [0.5, 0.6) is 0 Å². The van der Waals surface area contributed by atoms with E-state index in [4.69, 9.17) is 11.6 Å². The second-order valence-electron chi connectivity index (χ2n) is 7.50. The lowest BCUT2D eigenvalue weighted by atomic mass is 9.84. The summed E-state index contributed by atoms with van der Waals surface area (Å²) >= 11 is 6.06. The maximum absolute atomic E-state index is 12.6. The molecule has 0 spiro atoms. The van der Waals surface area contributed by atoms with Gasteiger partial charge in [-0.05, 0) is 48.7 Å². The van der Waals surface area contributed by atoms with Crippen molar-refractivity contribution in [1.82, 2.24) is 10.0 Å². The first-order valence-electron chi connectivity index (χ1n) is 8.84. The highest BCUT2D eigenvalue weighted by atomic mass is 35.5. The Bertz CT molecular complexity index is 953. The van der Waals surface area contributed by atoms with Crippen LogP contribution in [0.25, 0.3) is 0 Å². The first kappa shape index (κ1) is 19.9. The van der Waals surface area contributed by atoms with Gasteiger partial charge < -0.3 is 5.32 Å². The van der Waals surface area contributed by atoms with Crippen LogP contribution in [-0.4, -0.2) is 26.9 Å². The molecule has 144 valence electrons. The molecule has 2 aromatic carbocycles. The van der Waals surface area contributed by atoms with E-state index in [0.717, 1.165) is 18.4 Å². The lowest BCUT2D eigenvalue weighted by molar-refractivity contribution is 0.0945. The first-order valence-corrected chi connectivity index (χ1v) is 10.7. The summed E-state index contributed by atoms with van der Waals surface area (Å²) in [4.78, 5) is 12.7. The number of hydrogen-bond acceptors (Lipinski definition) is 3. The monoisotopic (exact) mass is 406 g/mol. The van der Waals surface area contributed by atoms with Crippen LogP contribution in [0.2, 0.25) is 5.02 Å². The van der Waals surface area contributed by atoms with E-state index in [1.54, 1.807) is 18.2 Å². The average molecular weight is 407 g/mol. The van der Waals surface area contributed by atoms with Crippen LogP contribution in [0.15, 0.2) is 53.4 Å². The Kier molecular flexibility index (Phi) is 5.60. The van der Waals surface area contributed by atoms with Crippen LogP contribution in [-0.2, 0) is 15.4 Å². The molecular weight excluding hydrogens is 384 g/mol. The summed E-state index contributed by atoms with van der Waals surface area (Å²) in [5.74, 6) is -0.312. The predicted molar refractivity (Wildman–Crippen MR) is 107 cm³/mol. The van der Waals surface area contributed by atoms with Crippen LogP contribution < -0.4 is 10.0 Å². The Balaban J connectivity index is 1.70. The molecule has 0 aliphatic heterocycles. The van der Waals surface area contributed by atoms with Crippen molar-refractivity contribution < 1.29 is 13.2 Å². The van der Waals surface area contributed by atoms with Gasteiger partial charge >= 0.3 is 0 Å². The Morgan fingerprint density at radius 1 is 1.15 bits per heavy atom. The zero-order valence-electron chi connectivity index (χ0n) is 15.3. The summed E-state index contributed by atoms with van der Waals surface area (Å²) in [7, 11) is -3.59. The van der Waals surface area contributed by atoms with Gasteiger partial charge in [0, 0.05) is 28.6 Å². The van der Waals surface area contributed by atoms with Crippen molar-refractivity contribution >= 4 is 27.5 Å². The van der Waals surface area contributed by atoms with E-state index in [2.05, 4.69) is 10.0 Å². The summed E-state index contributed by atoms with van der Waals surface area (Å²) < 4.78 is 27.3. The van der Waals surface area contributed by atoms with E-state index in [1.165, 1.54) is 12.1 Å². The van der Waals surface area contributed by atoms with Gasteiger partial charge in [-0.25, -0.2) is 13.1 Å². The van der Waals surface area contributed by atoms with Gasteiger partial charge in [0.1, 0.15) is 0 Å². The lowest BCUT2D eigenvalue weighted by Gasteiger charge is -2.26. The fourth-order valence-corrected chi connectivity index (χ4v) is 4.25. The van der Waals surface area contributed by atoms with Gasteiger partial charge in [0.25, 0.3) is 5.91 Å². The number of nitrogens with one attached hydrogen (secondary N) is 2. The second-order valence-corrected chi connectivity index (χ2v) is 9.65. The van der Waals surface area contributed by atoms with Crippen molar-refractivity contribution in [3.8, 4) is 0 Å². The molecule has 27 heavy (non-hydrogen) atoms. The fourth-order valence-electron chi connectivity index (χ4n) is 2.71. The molecule has 1 aliphatic carbocycles. The maximum Gasteiger partial charge on any atom is 0.251 e. The van der Waals surface area contributed by atoms with E-state index in [-0.39, 0.29) is 22.3 Å². The van der Waals surface area contributed by atoms with Gasteiger partial charge in [0.05, 0.1) is 4.90 Å². The second kappa shape index (κ2) is 7.62. The van der Waals surface area contributed by atoms with Gasteiger partial charge in [0.15, 0.2) is 0 Å². The highest BCUT2D eigenvalue weighted by Gasteiger charge is 2.28. The Labute approximate surface area is 165 Å². The molecule has 0 aromatic heterocycles. The number of carbonyl (C=O) groups excluding carboxylic acids is 1. The molecule has 0 radical (unpaired) electrons. The van der Waals surface area contributed by atoms with Gasteiger partial charge in [-0.15, -0.1) is 0 Å². The molecule has 2 N–H and O–H groups in total. The summed E-state index contributed by atoms with van der Waals surface area (Å²) in [6.07, 6.45) is 1.72. The zero-order valence-corrected chi connectivity index (χ0v) is 16.9. The minimum Gasteiger partial charge on any atom is -0.351 e. The van der Waals surface area contributed by atoms with Crippen LogP contribution >= 0.6 is 11.6 Å². The standard InChI is InChI=1S/C20H23ClN2O3S/c1-20(2,15-6-4-7-16(21)12-15)13-22-19(24)14-5-3-8-18(11-14)27(25,26)23-17-9-10-17/h3-8,11-12,17,23H,9-10,13H2,1-2H3,(H,22,24). The number of hydrogen-bond donors (Lipinski definition) is 2. The quantitative estimate of drug-likeness (QED) is 0.739. The minimum absolute atomic E-state index is 0.0194.